The molecule has 0 unspecified atom stereocenters. The number of hydrogen-bond acceptors (Lipinski definition) is 6. The Balaban J connectivity index is 1.70. The molecule has 2 aromatic carbocycles. The minimum Gasteiger partial charge on any atom is -0.311 e. The van der Waals surface area contributed by atoms with Gasteiger partial charge in [0.15, 0.2) is 5.16 Å². The predicted octanol–water partition coefficient (Wildman–Crippen LogP) is 4.74. The van der Waals surface area contributed by atoms with Crippen LogP contribution in [-0.4, -0.2) is 32.7 Å². The van der Waals surface area contributed by atoms with Crippen LogP contribution < -0.4 is 10.5 Å². The van der Waals surface area contributed by atoms with Crippen molar-refractivity contribution in [3.8, 4) is 11.9 Å². The molecule has 35 heavy (non-hydrogen) atoms. The highest BCUT2D eigenvalue weighted by atomic mass is 32.2. The Kier molecular flexibility index (Phi) is 7.28. The molecule has 0 aliphatic heterocycles. The Morgan fingerprint density at radius 1 is 1.06 bits per heavy atom. The molecule has 0 fully saturated rings. The summed E-state index contributed by atoms with van der Waals surface area (Å²) in [6.45, 7) is 6.17. The molecule has 0 saturated heterocycles. The number of thioether (sulfide) groups is 1. The number of benzene rings is 2. The fraction of sp³-hybridized carbons (Fsp3) is 0.222. The Labute approximate surface area is 208 Å². The van der Waals surface area contributed by atoms with Gasteiger partial charge in [-0.3, -0.25) is 9.59 Å². The smallest absolute Gasteiger partial charge is 0.267 e. The lowest BCUT2D eigenvalue weighted by atomic mass is 10.1. The lowest BCUT2D eigenvalue weighted by Crippen LogP contribution is -2.33. The summed E-state index contributed by atoms with van der Waals surface area (Å²) < 4.78 is 1.45. The summed E-state index contributed by atoms with van der Waals surface area (Å²) in [6.07, 6.45) is 1.91. The molecule has 0 atom stereocenters. The highest BCUT2D eigenvalue weighted by Gasteiger charge is 2.20. The zero-order chi connectivity index (χ0) is 24.9. The molecule has 176 valence electrons. The third-order valence-corrected chi connectivity index (χ3v) is 6.38. The third-order valence-electron chi connectivity index (χ3n) is 5.46. The Morgan fingerprint density at radius 2 is 1.80 bits per heavy atom. The second-order valence-corrected chi connectivity index (χ2v) is 9.28. The minimum absolute atomic E-state index is 0.0507. The molecule has 2 aromatic heterocycles. The molecule has 0 spiro atoms. The van der Waals surface area contributed by atoms with Crippen molar-refractivity contribution in [3.05, 3.63) is 87.8 Å². The number of carbonyl (C=O) groups excluding carboxylic acids is 1. The summed E-state index contributed by atoms with van der Waals surface area (Å²) in [7, 11) is 0. The van der Waals surface area contributed by atoms with Gasteiger partial charge < -0.3 is 4.90 Å². The number of rotatable bonds is 7. The first-order valence-corrected chi connectivity index (χ1v) is 12.2. The summed E-state index contributed by atoms with van der Waals surface area (Å²) in [4.78, 5) is 37.5. The monoisotopic (exact) mass is 483 g/mol. The van der Waals surface area contributed by atoms with E-state index in [-0.39, 0.29) is 30.2 Å². The van der Waals surface area contributed by atoms with E-state index in [1.165, 1.54) is 16.3 Å². The van der Waals surface area contributed by atoms with Gasteiger partial charge in [-0.05, 0) is 67.8 Å². The molecular formula is C27H25N5O2S. The predicted molar refractivity (Wildman–Crippen MR) is 139 cm³/mol. The topological polar surface area (TPSA) is 91.9 Å². The van der Waals surface area contributed by atoms with Crippen LogP contribution in [0.25, 0.3) is 16.7 Å². The normalized spacial score (nSPS) is 10.8. The number of para-hydroxylation sites is 1. The first-order chi connectivity index (χ1) is 16.9. The van der Waals surface area contributed by atoms with Crippen molar-refractivity contribution in [3.63, 3.8) is 0 Å². The van der Waals surface area contributed by atoms with Gasteiger partial charge in [0, 0.05) is 18.4 Å². The zero-order valence-electron chi connectivity index (χ0n) is 19.9. The summed E-state index contributed by atoms with van der Waals surface area (Å²) in [5.41, 5.74) is 4.13. The van der Waals surface area contributed by atoms with Crippen molar-refractivity contribution in [1.82, 2.24) is 14.5 Å². The molecule has 4 aromatic rings. The lowest BCUT2D eigenvalue weighted by Gasteiger charge is -2.23. The molecule has 0 aliphatic carbocycles. The van der Waals surface area contributed by atoms with Crippen LogP contribution in [0.1, 0.15) is 23.1 Å². The summed E-state index contributed by atoms with van der Waals surface area (Å²) in [5.74, 6) is 0.334. The number of pyridine rings is 1. The average molecular weight is 484 g/mol. The first-order valence-electron chi connectivity index (χ1n) is 11.2. The summed E-state index contributed by atoms with van der Waals surface area (Å²) >= 11 is 1.19. The molecule has 0 aliphatic rings. The van der Waals surface area contributed by atoms with E-state index >= 15 is 0 Å². The maximum Gasteiger partial charge on any atom is 0.267 e. The van der Waals surface area contributed by atoms with Gasteiger partial charge in [0.2, 0.25) is 5.91 Å². The van der Waals surface area contributed by atoms with Crippen molar-refractivity contribution in [2.24, 2.45) is 0 Å². The Bertz CT molecular complexity index is 1470. The van der Waals surface area contributed by atoms with Gasteiger partial charge >= 0.3 is 0 Å². The molecule has 0 saturated carbocycles. The van der Waals surface area contributed by atoms with E-state index in [2.05, 4.69) is 11.1 Å². The molecule has 0 radical (unpaired) electrons. The van der Waals surface area contributed by atoms with E-state index in [0.717, 1.165) is 22.4 Å². The van der Waals surface area contributed by atoms with Crippen LogP contribution in [0.4, 0.5) is 5.69 Å². The number of hydrogen-bond donors (Lipinski definition) is 0. The van der Waals surface area contributed by atoms with Crippen molar-refractivity contribution in [1.29, 1.82) is 5.26 Å². The van der Waals surface area contributed by atoms with Crippen LogP contribution in [0, 0.1) is 32.1 Å². The number of aryl methyl sites for hydroxylation is 3. The first kappa shape index (κ1) is 24.2. The van der Waals surface area contributed by atoms with Crippen molar-refractivity contribution in [2.75, 3.05) is 17.2 Å². The largest absolute Gasteiger partial charge is 0.311 e. The molecule has 4 rings (SSSR count). The number of amides is 1. The van der Waals surface area contributed by atoms with E-state index in [1.807, 2.05) is 51.1 Å². The van der Waals surface area contributed by atoms with E-state index < -0.39 is 0 Å². The Morgan fingerprint density at radius 3 is 2.49 bits per heavy atom. The number of nitriles is 1. The van der Waals surface area contributed by atoms with Crippen LogP contribution in [0.3, 0.4) is 0 Å². The highest BCUT2D eigenvalue weighted by molar-refractivity contribution is 7.99. The summed E-state index contributed by atoms with van der Waals surface area (Å²) in [5, 5.41) is 10.00. The quantitative estimate of drug-likeness (QED) is 0.278. The molecule has 8 heteroatoms. The van der Waals surface area contributed by atoms with Gasteiger partial charge in [-0.25, -0.2) is 14.5 Å². The standard InChI is InChI=1S/C27H25N5O2S/c1-18-9-10-24(29-16-18)32-26(34)22-7-4-5-8-23(22)30-27(32)35-17-25(33)31(12-6-11-28)21-14-19(2)13-20(3)15-21/h4-5,7-10,13-16H,6,12,17H2,1-3H3. The minimum atomic E-state index is -0.238. The summed E-state index contributed by atoms with van der Waals surface area (Å²) in [6, 6.07) is 18.8. The van der Waals surface area contributed by atoms with Crippen LogP contribution in [0.15, 0.2) is 70.7 Å². The van der Waals surface area contributed by atoms with Crippen LogP contribution in [0.5, 0.6) is 0 Å². The van der Waals surface area contributed by atoms with E-state index in [9.17, 15) is 9.59 Å². The van der Waals surface area contributed by atoms with Gasteiger partial charge in [-0.1, -0.05) is 36.0 Å². The number of fused-ring (bicyclic) bond motifs is 1. The number of carbonyl (C=O) groups is 1. The number of aromatic nitrogens is 3. The van der Waals surface area contributed by atoms with Crippen molar-refractivity contribution in [2.45, 2.75) is 32.3 Å². The van der Waals surface area contributed by atoms with E-state index in [0.29, 0.717) is 21.9 Å². The van der Waals surface area contributed by atoms with Gasteiger partial charge in [0.05, 0.1) is 29.1 Å². The maximum absolute atomic E-state index is 13.4. The average Bonchev–Trinajstić information content (AvgIpc) is 2.83. The van der Waals surface area contributed by atoms with Crippen molar-refractivity contribution < 1.29 is 4.79 Å². The number of anilines is 1. The fourth-order valence-corrected chi connectivity index (χ4v) is 4.75. The molecular weight excluding hydrogens is 458 g/mol. The SMILES string of the molecule is Cc1ccc(-n2c(SCC(=O)N(CCC#N)c3cc(C)cc(C)c3)nc3ccccc3c2=O)nc1. The maximum atomic E-state index is 13.4. The lowest BCUT2D eigenvalue weighted by molar-refractivity contribution is -0.116. The zero-order valence-corrected chi connectivity index (χ0v) is 20.7. The molecule has 1 amide bonds. The molecule has 0 N–H and O–H groups in total. The van der Waals surface area contributed by atoms with Gasteiger partial charge in [-0.15, -0.1) is 0 Å². The third kappa shape index (κ3) is 5.42. The van der Waals surface area contributed by atoms with Crippen LogP contribution in [0.2, 0.25) is 0 Å². The van der Waals surface area contributed by atoms with Gasteiger partial charge in [-0.2, -0.15) is 5.26 Å². The fourth-order valence-electron chi connectivity index (χ4n) is 3.87. The Hall–Kier alpha value is -3.96. The van der Waals surface area contributed by atoms with Gasteiger partial charge in [0.25, 0.3) is 5.56 Å². The molecule has 2 heterocycles. The highest BCUT2D eigenvalue weighted by Crippen LogP contribution is 2.24. The van der Waals surface area contributed by atoms with Gasteiger partial charge in [0.1, 0.15) is 5.82 Å². The molecule has 0 bridgehead atoms. The van der Waals surface area contributed by atoms with E-state index in [4.69, 9.17) is 10.2 Å². The second-order valence-electron chi connectivity index (χ2n) is 8.33. The van der Waals surface area contributed by atoms with Crippen LogP contribution >= 0.6 is 11.8 Å². The van der Waals surface area contributed by atoms with E-state index in [1.54, 1.807) is 35.4 Å². The number of nitrogens with zero attached hydrogens (tertiary/aromatic N) is 5. The van der Waals surface area contributed by atoms with Crippen molar-refractivity contribution >= 4 is 34.3 Å². The molecule has 7 nitrogen and oxygen atoms in total. The van der Waals surface area contributed by atoms with Crippen LogP contribution in [-0.2, 0) is 4.79 Å². The second kappa shape index (κ2) is 10.5.